The van der Waals surface area contributed by atoms with E-state index in [0.717, 1.165) is 35.0 Å². The second-order valence-corrected chi connectivity index (χ2v) is 9.37. The Bertz CT molecular complexity index is 952. The number of rotatable bonds is 7. The largest absolute Gasteiger partial charge is 0.375 e. The molecule has 0 spiro atoms. The van der Waals surface area contributed by atoms with E-state index in [1.807, 2.05) is 36.2 Å². The van der Waals surface area contributed by atoms with Gasteiger partial charge in [-0.15, -0.1) is 11.3 Å². The van der Waals surface area contributed by atoms with Gasteiger partial charge in [0.15, 0.2) is 5.13 Å². The molecular formula is C22H29N5O4S. The van der Waals surface area contributed by atoms with Crippen LogP contribution >= 0.6 is 11.3 Å². The molecule has 1 aliphatic carbocycles. The third kappa shape index (κ3) is 5.43. The number of nitrogens with one attached hydrogen (secondary N) is 2. The number of anilines is 2. The van der Waals surface area contributed by atoms with Gasteiger partial charge in [-0.25, -0.2) is 9.97 Å². The highest BCUT2D eigenvalue weighted by Crippen LogP contribution is 2.30. The van der Waals surface area contributed by atoms with Crippen molar-refractivity contribution in [3.05, 3.63) is 35.0 Å². The van der Waals surface area contributed by atoms with E-state index >= 15 is 0 Å². The maximum absolute atomic E-state index is 13.3. The van der Waals surface area contributed by atoms with Gasteiger partial charge in [0.1, 0.15) is 18.5 Å². The summed E-state index contributed by atoms with van der Waals surface area (Å²) in [7, 11) is 1.49. The standard InChI is InChI=1S/C22H29N5O4S/c1-14-11-23-22(32-14)26-19-8-4-7-17(24-19)18-12-27(9-10-31-18)21(29)15-5-3-6-16(15)25-20(28)13-30-2/h4,7-8,11,15-16,18H,3,5-6,9-10,12-13H2,1-2H3,(H,25,28)(H,23,24,26)/t15-,16+,18?/m1/s1. The Balaban J connectivity index is 1.40. The topological polar surface area (TPSA) is 106 Å². The van der Waals surface area contributed by atoms with Crippen molar-refractivity contribution >= 4 is 34.1 Å². The van der Waals surface area contributed by atoms with Crippen LogP contribution in [0.4, 0.5) is 10.9 Å². The third-order valence-electron chi connectivity index (χ3n) is 5.79. The zero-order valence-corrected chi connectivity index (χ0v) is 19.2. The van der Waals surface area contributed by atoms with E-state index in [1.54, 1.807) is 11.3 Å². The van der Waals surface area contributed by atoms with Crippen LogP contribution in [-0.4, -0.2) is 66.1 Å². The number of pyridine rings is 1. The van der Waals surface area contributed by atoms with Crippen molar-refractivity contribution in [3.8, 4) is 0 Å². The average molecular weight is 460 g/mol. The highest BCUT2D eigenvalue weighted by molar-refractivity contribution is 7.15. The Hall–Kier alpha value is -2.56. The number of amides is 2. The highest BCUT2D eigenvalue weighted by Gasteiger charge is 2.38. The molecule has 4 rings (SSSR count). The molecule has 1 saturated carbocycles. The van der Waals surface area contributed by atoms with Gasteiger partial charge in [-0.05, 0) is 31.9 Å². The van der Waals surface area contributed by atoms with Crippen LogP contribution in [0.5, 0.6) is 0 Å². The Morgan fingerprint density at radius 3 is 3.00 bits per heavy atom. The van der Waals surface area contributed by atoms with Crippen molar-refractivity contribution in [2.75, 3.05) is 38.7 Å². The Morgan fingerprint density at radius 1 is 1.34 bits per heavy atom. The van der Waals surface area contributed by atoms with Gasteiger partial charge in [0.25, 0.3) is 0 Å². The number of methoxy groups -OCH3 is 1. The number of nitrogens with zero attached hydrogens (tertiary/aromatic N) is 3. The second-order valence-electron chi connectivity index (χ2n) is 8.14. The van der Waals surface area contributed by atoms with Crippen LogP contribution in [0.2, 0.25) is 0 Å². The minimum atomic E-state index is -0.296. The van der Waals surface area contributed by atoms with Gasteiger partial charge in [-0.3, -0.25) is 9.59 Å². The summed E-state index contributed by atoms with van der Waals surface area (Å²) in [6.45, 7) is 3.45. The molecule has 0 bridgehead atoms. The van der Waals surface area contributed by atoms with Crippen molar-refractivity contribution < 1.29 is 19.1 Å². The molecule has 2 amide bonds. The van der Waals surface area contributed by atoms with Crippen molar-refractivity contribution in [1.29, 1.82) is 0 Å². The molecule has 2 aromatic rings. The van der Waals surface area contributed by atoms with Crippen LogP contribution in [0.25, 0.3) is 0 Å². The van der Waals surface area contributed by atoms with Crippen LogP contribution in [0.3, 0.4) is 0 Å². The first-order valence-corrected chi connectivity index (χ1v) is 11.7. The van der Waals surface area contributed by atoms with Gasteiger partial charge in [-0.1, -0.05) is 12.5 Å². The SMILES string of the molecule is COCC(=O)N[C@H]1CCC[C@H]1C(=O)N1CCOC(c2cccc(Nc3ncc(C)s3)n2)C1. The number of aromatic nitrogens is 2. The molecule has 9 nitrogen and oxygen atoms in total. The molecule has 1 aliphatic heterocycles. The number of carbonyl (C=O) groups excluding carboxylic acids is 2. The van der Waals surface area contributed by atoms with E-state index in [0.29, 0.717) is 25.5 Å². The van der Waals surface area contributed by atoms with E-state index in [4.69, 9.17) is 9.47 Å². The molecule has 3 atom stereocenters. The summed E-state index contributed by atoms with van der Waals surface area (Å²) in [5.41, 5.74) is 0.775. The minimum Gasteiger partial charge on any atom is -0.375 e. The smallest absolute Gasteiger partial charge is 0.246 e. The summed E-state index contributed by atoms with van der Waals surface area (Å²) >= 11 is 1.57. The van der Waals surface area contributed by atoms with Crippen molar-refractivity contribution in [2.24, 2.45) is 5.92 Å². The fourth-order valence-corrected chi connectivity index (χ4v) is 4.96. The summed E-state index contributed by atoms with van der Waals surface area (Å²) in [4.78, 5) is 37.2. The Labute approximate surface area is 191 Å². The molecule has 10 heteroatoms. The van der Waals surface area contributed by atoms with Gasteiger partial charge in [-0.2, -0.15) is 0 Å². The molecule has 2 aromatic heterocycles. The molecule has 3 heterocycles. The fourth-order valence-electron chi connectivity index (χ4n) is 4.29. The number of hydrogen-bond acceptors (Lipinski definition) is 8. The number of ether oxygens (including phenoxy) is 2. The number of hydrogen-bond donors (Lipinski definition) is 2. The molecule has 2 N–H and O–H groups in total. The lowest BCUT2D eigenvalue weighted by atomic mass is 10.0. The first-order valence-electron chi connectivity index (χ1n) is 10.9. The van der Waals surface area contributed by atoms with Gasteiger partial charge >= 0.3 is 0 Å². The molecule has 172 valence electrons. The Morgan fingerprint density at radius 2 is 2.22 bits per heavy atom. The molecule has 2 fully saturated rings. The van der Waals surface area contributed by atoms with Crippen molar-refractivity contribution in [1.82, 2.24) is 20.2 Å². The molecule has 1 saturated heterocycles. The predicted octanol–water partition coefficient (Wildman–Crippen LogP) is 2.42. The van der Waals surface area contributed by atoms with E-state index in [9.17, 15) is 9.59 Å². The summed E-state index contributed by atoms with van der Waals surface area (Å²) in [5, 5.41) is 6.97. The van der Waals surface area contributed by atoms with Crippen LogP contribution in [0.1, 0.15) is 35.9 Å². The summed E-state index contributed by atoms with van der Waals surface area (Å²) in [5.74, 6) is 0.385. The third-order valence-corrected chi connectivity index (χ3v) is 6.62. The van der Waals surface area contributed by atoms with Crippen molar-refractivity contribution in [3.63, 3.8) is 0 Å². The van der Waals surface area contributed by atoms with Crippen LogP contribution in [-0.2, 0) is 19.1 Å². The van der Waals surface area contributed by atoms with Crippen molar-refractivity contribution in [2.45, 2.75) is 38.3 Å². The molecule has 0 aromatic carbocycles. The second kappa shape index (κ2) is 10.4. The van der Waals surface area contributed by atoms with Gasteiger partial charge in [0, 0.05) is 30.8 Å². The number of aryl methyl sites for hydroxylation is 1. The molecular weight excluding hydrogens is 430 g/mol. The average Bonchev–Trinajstić information content (AvgIpc) is 3.42. The first kappa shape index (κ1) is 22.6. The maximum Gasteiger partial charge on any atom is 0.246 e. The van der Waals surface area contributed by atoms with E-state index in [-0.39, 0.29) is 36.5 Å². The number of morpholine rings is 1. The van der Waals surface area contributed by atoms with E-state index in [1.165, 1.54) is 7.11 Å². The zero-order chi connectivity index (χ0) is 22.5. The Kier molecular flexibility index (Phi) is 7.33. The van der Waals surface area contributed by atoms with Crippen LogP contribution in [0.15, 0.2) is 24.4 Å². The first-order chi connectivity index (χ1) is 15.5. The van der Waals surface area contributed by atoms with Gasteiger partial charge in [0.2, 0.25) is 11.8 Å². The normalized spacial score (nSPS) is 23.2. The lowest BCUT2D eigenvalue weighted by Crippen LogP contribution is -2.50. The van der Waals surface area contributed by atoms with E-state index in [2.05, 4.69) is 20.6 Å². The summed E-state index contributed by atoms with van der Waals surface area (Å²) in [6, 6.07) is 5.59. The van der Waals surface area contributed by atoms with Crippen LogP contribution < -0.4 is 10.6 Å². The predicted molar refractivity (Wildman–Crippen MR) is 121 cm³/mol. The molecule has 0 radical (unpaired) electrons. The zero-order valence-electron chi connectivity index (χ0n) is 18.4. The highest BCUT2D eigenvalue weighted by atomic mass is 32.1. The summed E-state index contributed by atoms with van der Waals surface area (Å²) in [6.07, 6.45) is 4.04. The molecule has 2 aliphatic rings. The monoisotopic (exact) mass is 459 g/mol. The minimum absolute atomic E-state index is 0.00758. The maximum atomic E-state index is 13.3. The molecule has 1 unspecified atom stereocenters. The molecule has 32 heavy (non-hydrogen) atoms. The lowest BCUT2D eigenvalue weighted by Gasteiger charge is -2.35. The number of thiazole rings is 1. The van der Waals surface area contributed by atoms with Gasteiger partial charge < -0.3 is 25.0 Å². The number of carbonyl (C=O) groups is 2. The lowest BCUT2D eigenvalue weighted by molar-refractivity contribution is -0.144. The van der Waals surface area contributed by atoms with E-state index < -0.39 is 0 Å². The van der Waals surface area contributed by atoms with Gasteiger partial charge in [0.05, 0.1) is 24.8 Å². The van der Waals surface area contributed by atoms with Crippen LogP contribution in [0, 0.1) is 12.8 Å². The quantitative estimate of drug-likeness (QED) is 0.655. The fraction of sp³-hybridized carbons (Fsp3) is 0.545. The summed E-state index contributed by atoms with van der Waals surface area (Å²) < 4.78 is 10.9.